The van der Waals surface area contributed by atoms with Gasteiger partial charge in [0.1, 0.15) is 0 Å². The van der Waals surface area contributed by atoms with Gasteiger partial charge in [0.05, 0.1) is 12.1 Å². The summed E-state index contributed by atoms with van der Waals surface area (Å²) >= 11 is 3.47. The van der Waals surface area contributed by atoms with E-state index in [1.807, 2.05) is 31.3 Å². The first-order chi connectivity index (χ1) is 10.6. The molecule has 7 heteroatoms. The molecule has 0 atom stereocenters. The van der Waals surface area contributed by atoms with Crippen LogP contribution in [0.3, 0.4) is 0 Å². The molecule has 2 aromatic heterocycles. The summed E-state index contributed by atoms with van der Waals surface area (Å²) in [5.41, 5.74) is 2.39. The second-order valence-corrected chi connectivity index (χ2v) is 6.20. The highest BCUT2D eigenvalue weighted by atomic mass is 79.9. The van der Waals surface area contributed by atoms with Crippen molar-refractivity contribution in [3.8, 4) is 0 Å². The Hall–Kier alpha value is -1.70. The molecule has 0 aliphatic heterocycles. The van der Waals surface area contributed by atoms with Crippen LogP contribution in [-0.2, 0) is 11.3 Å². The monoisotopic (exact) mass is 364 g/mol. The number of nitrogens with one attached hydrogen (secondary N) is 1. The molecule has 0 spiro atoms. The zero-order valence-corrected chi connectivity index (χ0v) is 14.1. The van der Waals surface area contributed by atoms with E-state index in [0.29, 0.717) is 12.3 Å². The minimum atomic E-state index is -0.225. The Morgan fingerprint density at radius 1 is 1.41 bits per heavy atom. The number of halogens is 1. The lowest BCUT2D eigenvalue weighted by Crippen LogP contribution is -2.22. The number of H-pyrrole nitrogens is 1. The van der Waals surface area contributed by atoms with Gasteiger partial charge in [-0.05, 0) is 30.8 Å². The van der Waals surface area contributed by atoms with Gasteiger partial charge in [-0.1, -0.05) is 22.0 Å². The number of rotatable bonds is 5. The van der Waals surface area contributed by atoms with E-state index in [4.69, 9.17) is 4.74 Å². The minimum absolute atomic E-state index is 0.225. The number of likely N-dealkylation sites (N-methyl/N-ethyl adjacent to an activating group) is 1. The molecule has 0 aliphatic rings. The van der Waals surface area contributed by atoms with Crippen LogP contribution in [0.2, 0.25) is 0 Å². The summed E-state index contributed by atoms with van der Waals surface area (Å²) in [5.74, 6) is 0. The van der Waals surface area contributed by atoms with Crippen molar-refractivity contribution in [1.29, 1.82) is 0 Å². The number of hydrogen-bond donors (Lipinski definition) is 1. The number of nitrogens with zero attached hydrogens (tertiary/aromatic N) is 3. The first-order valence-corrected chi connectivity index (χ1v) is 7.75. The highest BCUT2D eigenvalue weighted by molar-refractivity contribution is 9.10. The number of aromatic amines is 1. The second-order valence-electron chi connectivity index (χ2n) is 5.28. The largest absolute Gasteiger partial charge is 0.383 e. The predicted molar refractivity (Wildman–Crippen MR) is 89.2 cm³/mol. The summed E-state index contributed by atoms with van der Waals surface area (Å²) in [4.78, 5) is 14.2. The molecule has 0 unspecified atom stereocenters. The first-order valence-electron chi connectivity index (χ1n) is 6.96. The number of ether oxygens (including phenoxy) is 1. The maximum absolute atomic E-state index is 12.0. The smallest absolute Gasteiger partial charge is 0.348 e. The number of methoxy groups -OCH3 is 1. The van der Waals surface area contributed by atoms with E-state index in [9.17, 15) is 4.79 Å². The van der Waals surface area contributed by atoms with Gasteiger partial charge in [0.25, 0.3) is 0 Å². The van der Waals surface area contributed by atoms with Gasteiger partial charge in [0.15, 0.2) is 5.65 Å². The van der Waals surface area contributed by atoms with Crippen molar-refractivity contribution < 1.29 is 4.74 Å². The van der Waals surface area contributed by atoms with E-state index < -0.39 is 0 Å². The molecule has 116 valence electrons. The Balaban J connectivity index is 2.14. The third kappa shape index (κ3) is 2.79. The molecule has 0 saturated heterocycles. The number of pyridine rings is 1. The van der Waals surface area contributed by atoms with Crippen molar-refractivity contribution in [2.24, 2.45) is 0 Å². The van der Waals surface area contributed by atoms with Crippen molar-refractivity contribution in [3.63, 3.8) is 0 Å². The van der Waals surface area contributed by atoms with E-state index in [2.05, 4.69) is 31.0 Å². The molecule has 0 aliphatic carbocycles. The molecule has 0 amide bonds. The fraction of sp³-hybridized carbons (Fsp3) is 0.333. The zero-order valence-electron chi connectivity index (χ0n) is 12.5. The fourth-order valence-electron chi connectivity index (χ4n) is 2.58. The van der Waals surface area contributed by atoms with Crippen molar-refractivity contribution in [2.45, 2.75) is 6.54 Å². The summed E-state index contributed by atoms with van der Waals surface area (Å²) in [6.07, 6.45) is 0. The van der Waals surface area contributed by atoms with Crippen LogP contribution < -0.4 is 5.69 Å². The lowest BCUT2D eigenvalue weighted by Gasteiger charge is -2.17. The number of aromatic nitrogens is 3. The molecule has 0 saturated carbocycles. The number of fused-ring (bicyclic) bond motifs is 3. The van der Waals surface area contributed by atoms with Gasteiger partial charge in [0, 0.05) is 30.1 Å². The van der Waals surface area contributed by atoms with Crippen LogP contribution in [0.15, 0.2) is 33.5 Å². The first kappa shape index (κ1) is 15.2. The molecule has 2 heterocycles. The van der Waals surface area contributed by atoms with Crippen LogP contribution in [0, 0.1) is 0 Å². The van der Waals surface area contributed by atoms with Crippen LogP contribution in [0.5, 0.6) is 0 Å². The lowest BCUT2D eigenvalue weighted by molar-refractivity contribution is 0.159. The van der Waals surface area contributed by atoms with E-state index in [1.165, 1.54) is 0 Å². The van der Waals surface area contributed by atoms with Gasteiger partial charge in [-0.25, -0.2) is 14.3 Å². The van der Waals surface area contributed by atoms with E-state index in [0.717, 1.165) is 34.0 Å². The van der Waals surface area contributed by atoms with Crippen LogP contribution in [-0.4, -0.2) is 46.8 Å². The van der Waals surface area contributed by atoms with Gasteiger partial charge < -0.3 is 4.74 Å². The Labute approximate surface area is 135 Å². The molecular weight excluding hydrogens is 348 g/mol. The highest BCUT2D eigenvalue weighted by Crippen LogP contribution is 2.24. The molecule has 1 N–H and O–H groups in total. The van der Waals surface area contributed by atoms with Gasteiger partial charge in [-0.2, -0.15) is 5.10 Å². The molecule has 0 radical (unpaired) electrons. The maximum atomic E-state index is 12.0. The Morgan fingerprint density at radius 3 is 3.00 bits per heavy atom. The van der Waals surface area contributed by atoms with Crippen LogP contribution in [0.1, 0.15) is 5.56 Å². The van der Waals surface area contributed by atoms with Gasteiger partial charge in [-0.3, -0.25) is 4.90 Å². The van der Waals surface area contributed by atoms with E-state index >= 15 is 0 Å². The van der Waals surface area contributed by atoms with Crippen LogP contribution in [0.4, 0.5) is 0 Å². The number of benzene rings is 1. The predicted octanol–water partition coefficient (Wildman–Crippen LogP) is 2.02. The van der Waals surface area contributed by atoms with Crippen molar-refractivity contribution in [3.05, 3.63) is 44.8 Å². The average Bonchev–Trinajstić information content (AvgIpc) is 2.86. The summed E-state index contributed by atoms with van der Waals surface area (Å²) in [7, 11) is 3.74. The van der Waals surface area contributed by atoms with E-state index in [1.54, 1.807) is 11.5 Å². The van der Waals surface area contributed by atoms with Crippen molar-refractivity contribution in [1.82, 2.24) is 19.5 Å². The van der Waals surface area contributed by atoms with Crippen molar-refractivity contribution >= 4 is 32.5 Å². The molecule has 3 aromatic rings. The fourth-order valence-corrected chi connectivity index (χ4v) is 2.93. The quantitative estimate of drug-likeness (QED) is 0.752. The van der Waals surface area contributed by atoms with Gasteiger partial charge in [0.2, 0.25) is 0 Å². The molecule has 3 rings (SSSR count). The zero-order chi connectivity index (χ0) is 15.7. The summed E-state index contributed by atoms with van der Waals surface area (Å²) in [6.45, 7) is 2.29. The molecular formula is C15H17BrN4O2. The standard InChI is InChI=1S/C15H17BrN4O2/c1-19(5-6-22-2)9-10-7-14-17-18-15(21)20(14)13-8-11(16)3-4-12(10)13/h3-4,7-8H,5-6,9H2,1-2H3,(H,18,21). The van der Waals surface area contributed by atoms with Gasteiger partial charge in [-0.15, -0.1) is 0 Å². The molecule has 0 bridgehead atoms. The molecule has 22 heavy (non-hydrogen) atoms. The van der Waals surface area contributed by atoms with E-state index in [-0.39, 0.29) is 5.69 Å². The Morgan fingerprint density at radius 2 is 2.23 bits per heavy atom. The molecule has 0 fully saturated rings. The SMILES string of the molecule is COCCN(C)Cc1cc2n[nH]c(=O)n2c2cc(Br)ccc12. The average molecular weight is 365 g/mol. The Bertz CT molecular complexity index is 871. The summed E-state index contributed by atoms with van der Waals surface area (Å²) in [6, 6.07) is 7.91. The van der Waals surface area contributed by atoms with Gasteiger partial charge >= 0.3 is 5.69 Å². The topological polar surface area (TPSA) is 62.6 Å². The molecule has 1 aromatic carbocycles. The lowest BCUT2D eigenvalue weighted by atomic mass is 10.1. The van der Waals surface area contributed by atoms with Crippen LogP contribution >= 0.6 is 15.9 Å². The maximum Gasteiger partial charge on any atom is 0.348 e. The molecule has 6 nitrogen and oxygen atoms in total. The third-order valence-electron chi connectivity index (χ3n) is 3.67. The number of hydrogen-bond acceptors (Lipinski definition) is 4. The minimum Gasteiger partial charge on any atom is -0.383 e. The van der Waals surface area contributed by atoms with Crippen LogP contribution in [0.25, 0.3) is 16.6 Å². The summed E-state index contributed by atoms with van der Waals surface area (Å²) < 4.78 is 7.64. The van der Waals surface area contributed by atoms with Crippen molar-refractivity contribution in [2.75, 3.05) is 27.3 Å². The highest BCUT2D eigenvalue weighted by Gasteiger charge is 2.12. The summed E-state index contributed by atoms with van der Waals surface area (Å²) in [5, 5.41) is 7.65. The Kier molecular flexibility index (Phi) is 4.28. The normalized spacial score (nSPS) is 11.8. The third-order valence-corrected chi connectivity index (χ3v) is 4.16. The second kappa shape index (κ2) is 6.20.